The fourth-order valence-electron chi connectivity index (χ4n) is 4.87. The lowest BCUT2D eigenvalue weighted by Gasteiger charge is -2.30. The fraction of sp³-hybridized carbons (Fsp3) is 0.393. The van der Waals surface area contributed by atoms with Gasteiger partial charge in [-0.2, -0.15) is 0 Å². The molecule has 1 aromatic heterocycles. The number of hydrogen-bond acceptors (Lipinski definition) is 3. The zero-order valence-electron chi connectivity index (χ0n) is 19.2. The average molecular weight is 447 g/mol. The van der Waals surface area contributed by atoms with E-state index in [9.17, 15) is 4.79 Å². The first-order valence-corrected chi connectivity index (χ1v) is 12.6. The Balaban J connectivity index is 1.51. The monoisotopic (exact) mass is 446 g/mol. The van der Waals surface area contributed by atoms with E-state index >= 15 is 0 Å². The molecule has 1 saturated heterocycles. The highest BCUT2D eigenvalue weighted by atomic mass is 32.1. The van der Waals surface area contributed by atoms with Crippen LogP contribution < -0.4 is 0 Å². The highest BCUT2D eigenvalue weighted by Gasteiger charge is 2.35. The predicted molar refractivity (Wildman–Crippen MR) is 134 cm³/mol. The van der Waals surface area contributed by atoms with Gasteiger partial charge in [-0.25, -0.2) is 0 Å². The van der Waals surface area contributed by atoms with Crippen LogP contribution in [0.5, 0.6) is 0 Å². The molecule has 0 saturated carbocycles. The number of carbonyl (C=O) groups is 1. The van der Waals surface area contributed by atoms with Gasteiger partial charge in [-0.15, -0.1) is 11.3 Å². The number of rotatable bonds is 9. The molecule has 2 unspecified atom stereocenters. The molecule has 2 atom stereocenters. The van der Waals surface area contributed by atoms with Crippen LogP contribution in [0.1, 0.15) is 35.8 Å². The number of amides is 1. The van der Waals surface area contributed by atoms with Crippen molar-refractivity contribution in [1.82, 2.24) is 9.80 Å². The Hall–Kier alpha value is -2.43. The van der Waals surface area contributed by atoms with Crippen molar-refractivity contribution in [2.45, 2.75) is 32.7 Å². The van der Waals surface area contributed by atoms with E-state index < -0.39 is 0 Å². The normalized spacial score (nSPS) is 18.8. The highest BCUT2D eigenvalue weighted by Crippen LogP contribution is 2.34. The molecule has 3 nitrogen and oxygen atoms in total. The largest absolute Gasteiger partial charge is 0.342 e. The molecule has 168 valence electrons. The predicted octanol–water partition coefficient (Wildman–Crippen LogP) is 5.69. The molecule has 1 amide bonds. The van der Waals surface area contributed by atoms with Crippen LogP contribution in [-0.2, 0) is 17.8 Å². The summed E-state index contributed by atoms with van der Waals surface area (Å²) in [6.45, 7) is 9.09. The summed E-state index contributed by atoms with van der Waals surface area (Å²) in [5.41, 5.74) is 2.75. The van der Waals surface area contributed by atoms with Crippen molar-refractivity contribution in [3.63, 3.8) is 0 Å². The summed E-state index contributed by atoms with van der Waals surface area (Å²) in [5.74, 6) is 1.60. The summed E-state index contributed by atoms with van der Waals surface area (Å²) in [6, 6.07) is 25.7. The zero-order chi connectivity index (χ0) is 22.3. The molecule has 1 aliphatic heterocycles. The Labute approximate surface area is 196 Å². The summed E-state index contributed by atoms with van der Waals surface area (Å²) >= 11 is 1.67. The molecule has 2 aromatic carbocycles. The molecule has 0 spiro atoms. The summed E-state index contributed by atoms with van der Waals surface area (Å²) in [4.78, 5) is 19.1. The van der Waals surface area contributed by atoms with Crippen LogP contribution in [0.3, 0.4) is 0 Å². The van der Waals surface area contributed by atoms with Gasteiger partial charge in [0, 0.05) is 43.5 Å². The molecule has 0 N–H and O–H groups in total. The average Bonchev–Trinajstić information content (AvgIpc) is 3.44. The molecule has 1 fully saturated rings. The first kappa shape index (κ1) is 22.8. The zero-order valence-corrected chi connectivity index (χ0v) is 20.0. The van der Waals surface area contributed by atoms with Gasteiger partial charge in [0.05, 0.1) is 6.42 Å². The van der Waals surface area contributed by atoms with Crippen LogP contribution in [0.25, 0.3) is 0 Å². The van der Waals surface area contributed by atoms with Crippen LogP contribution in [-0.4, -0.2) is 41.9 Å². The summed E-state index contributed by atoms with van der Waals surface area (Å²) < 4.78 is 0. The molecule has 1 aliphatic rings. The van der Waals surface area contributed by atoms with E-state index in [1.807, 2.05) is 6.07 Å². The van der Waals surface area contributed by atoms with E-state index in [-0.39, 0.29) is 5.91 Å². The Kier molecular flexibility index (Phi) is 7.77. The quantitative estimate of drug-likeness (QED) is 0.421. The number of benzene rings is 2. The minimum atomic E-state index is 0.259. The Morgan fingerprint density at radius 1 is 1.00 bits per heavy atom. The Bertz CT molecular complexity index is 956. The SMILES string of the molecule is CC(C)CN(CC1CN(Cc2ccccc2)CC1c1ccccc1)C(=O)Cc1cccs1. The highest BCUT2D eigenvalue weighted by molar-refractivity contribution is 7.10. The minimum Gasteiger partial charge on any atom is -0.342 e. The Morgan fingerprint density at radius 2 is 1.72 bits per heavy atom. The van der Waals surface area contributed by atoms with Gasteiger partial charge in [0.2, 0.25) is 5.91 Å². The van der Waals surface area contributed by atoms with E-state index in [1.165, 1.54) is 11.1 Å². The van der Waals surface area contributed by atoms with Crippen molar-refractivity contribution in [3.8, 4) is 0 Å². The Morgan fingerprint density at radius 3 is 2.38 bits per heavy atom. The van der Waals surface area contributed by atoms with E-state index in [4.69, 9.17) is 0 Å². The van der Waals surface area contributed by atoms with E-state index in [2.05, 4.69) is 95.8 Å². The molecule has 0 bridgehead atoms. The van der Waals surface area contributed by atoms with E-state index in [0.29, 0.717) is 24.2 Å². The van der Waals surface area contributed by atoms with Gasteiger partial charge in [0.15, 0.2) is 0 Å². The summed E-state index contributed by atoms with van der Waals surface area (Å²) in [6.07, 6.45) is 0.515. The first-order chi connectivity index (χ1) is 15.6. The first-order valence-electron chi connectivity index (χ1n) is 11.7. The van der Waals surface area contributed by atoms with Crippen LogP contribution in [0, 0.1) is 11.8 Å². The van der Waals surface area contributed by atoms with E-state index in [0.717, 1.165) is 37.6 Å². The second-order valence-electron chi connectivity index (χ2n) is 9.41. The molecule has 0 aliphatic carbocycles. The molecule has 32 heavy (non-hydrogen) atoms. The molecule has 0 radical (unpaired) electrons. The second kappa shape index (κ2) is 10.9. The maximum Gasteiger partial charge on any atom is 0.227 e. The summed E-state index contributed by atoms with van der Waals surface area (Å²) in [7, 11) is 0. The molecule has 4 rings (SSSR count). The molecule has 2 heterocycles. The van der Waals surface area contributed by atoms with Crippen molar-refractivity contribution in [1.29, 1.82) is 0 Å². The van der Waals surface area contributed by atoms with E-state index in [1.54, 1.807) is 11.3 Å². The van der Waals surface area contributed by atoms with Crippen LogP contribution in [0.2, 0.25) is 0 Å². The van der Waals surface area contributed by atoms with Crippen molar-refractivity contribution >= 4 is 17.2 Å². The van der Waals surface area contributed by atoms with Crippen molar-refractivity contribution in [2.24, 2.45) is 11.8 Å². The maximum atomic E-state index is 13.3. The number of thiophene rings is 1. The minimum absolute atomic E-state index is 0.259. The van der Waals surface area contributed by atoms with Gasteiger partial charge in [0.1, 0.15) is 0 Å². The molecule has 3 aromatic rings. The van der Waals surface area contributed by atoms with Crippen LogP contribution in [0.4, 0.5) is 0 Å². The third kappa shape index (κ3) is 6.08. The van der Waals surface area contributed by atoms with Gasteiger partial charge in [-0.3, -0.25) is 9.69 Å². The fourth-order valence-corrected chi connectivity index (χ4v) is 5.57. The van der Waals surface area contributed by atoms with Crippen molar-refractivity contribution in [2.75, 3.05) is 26.2 Å². The number of carbonyl (C=O) groups excluding carboxylic acids is 1. The summed E-state index contributed by atoms with van der Waals surface area (Å²) in [5, 5.41) is 2.05. The number of hydrogen-bond donors (Lipinski definition) is 0. The van der Waals surface area contributed by atoms with Gasteiger partial charge in [-0.05, 0) is 34.4 Å². The third-order valence-corrected chi connectivity index (χ3v) is 7.17. The van der Waals surface area contributed by atoms with Crippen LogP contribution in [0.15, 0.2) is 78.2 Å². The lowest BCUT2D eigenvalue weighted by Crippen LogP contribution is -2.40. The standard InChI is InChI=1S/C28H34N2OS/c1-22(2)17-30(28(31)16-26-14-9-15-32-26)20-25-19-29(18-23-10-5-3-6-11-23)21-27(25)24-12-7-4-8-13-24/h3-15,22,25,27H,16-21H2,1-2H3. The lowest BCUT2D eigenvalue weighted by molar-refractivity contribution is -0.131. The number of nitrogens with zero attached hydrogens (tertiary/aromatic N) is 2. The maximum absolute atomic E-state index is 13.3. The van der Waals surface area contributed by atoms with Gasteiger partial charge < -0.3 is 4.90 Å². The van der Waals surface area contributed by atoms with Crippen LogP contribution >= 0.6 is 11.3 Å². The van der Waals surface area contributed by atoms with Gasteiger partial charge >= 0.3 is 0 Å². The van der Waals surface area contributed by atoms with Crippen molar-refractivity contribution < 1.29 is 4.79 Å². The molecular weight excluding hydrogens is 412 g/mol. The number of likely N-dealkylation sites (tertiary alicyclic amines) is 1. The van der Waals surface area contributed by atoms with Gasteiger partial charge in [-0.1, -0.05) is 80.6 Å². The lowest BCUT2D eigenvalue weighted by atomic mass is 9.88. The van der Waals surface area contributed by atoms with Crippen molar-refractivity contribution in [3.05, 3.63) is 94.2 Å². The molecule has 4 heteroatoms. The second-order valence-corrected chi connectivity index (χ2v) is 10.4. The third-order valence-electron chi connectivity index (χ3n) is 6.29. The topological polar surface area (TPSA) is 23.6 Å². The smallest absolute Gasteiger partial charge is 0.227 e. The molecular formula is C28H34N2OS. The van der Waals surface area contributed by atoms with Gasteiger partial charge in [0.25, 0.3) is 0 Å².